The third-order valence-corrected chi connectivity index (χ3v) is 11.4. The Morgan fingerprint density at radius 3 is 2.27 bits per heavy atom. The van der Waals surface area contributed by atoms with Crippen LogP contribution in [0, 0.1) is 19.8 Å². The van der Waals surface area contributed by atoms with E-state index >= 15 is 0 Å². The Bertz CT molecular complexity index is 1410. The number of rotatable bonds is 10. The number of sulfonamides is 1. The fraction of sp³-hybridized carbons (Fsp3) is 0.656. The molecule has 11 nitrogen and oxygen atoms in total. The van der Waals surface area contributed by atoms with Crippen LogP contribution in [-0.4, -0.2) is 102 Å². The first-order valence-corrected chi connectivity index (χ1v) is 17.5. The largest absolute Gasteiger partial charge is 0.379 e. The predicted molar refractivity (Wildman–Crippen MR) is 167 cm³/mol. The van der Waals surface area contributed by atoms with Gasteiger partial charge in [-0.1, -0.05) is 39.3 Å². The maximum Gasteiger partial charge on any atom is 0.246 e. The molecule has 0 saturated carbocycles. The van der Waals surface area contributed by atoms with Gasteiger partial charge in [0.25, 0.3) is 0 Å². The molecule has 2 aromatic rings. The van der Waals surface area contributed by atoms with Crippen molar-refractivity contribution in [2.75, 3.05) is 45.9 Å². The highest BCUT2D eigenvalue weighted by Crippen LogP contribution is 2.40. The summed E-state index contributed by atoms with van der Waals surface area (Å²) in [6.45, 7) is 13.5. The quantitative estimate of drug-likeness (QED) is 0.414. The molecule has 1 aromatic heterocycles. The molecule has 44 heavy (non-hydrogen) atoms. The fourth-order valence-electron chi connectivity index (χ4n) is 7.08. The van der Waals surface area contributed by atoms with Crippen LogP contribution in [0.2, 0.25) is 0 Å². The molecule has 2 N–H and O–H groups in total. The van der Waals surface area contributed by atoms with Crippen LogP contribution in [0.15, 0.2) is 29.2 Å². The number of benzene rings is 1. The Balaban J connectivity index is 1.43. The molecule has 242 valence electrons. The van der Waals surface area contributed by atoms with Crippen molar-refractivity contribution < 1.29 is 22.7 Å². The average molecular weight is 629 g/mol. The number of piperidine rings is 1. The van der Waals surface area contributed by atoms with Crippen LogP contribution < -0.4 is 5.32 Å². The smallest absolute Gasteiger partial charge is 0.246 e. The third-order valence-electron chi connectivity index (χ3n) is 9.50. The van der Waals surface area contributed by atoms with Crippen molar-refractivity contribution >= 4 is 21.8 Å². The van der Waals surface area contributed by atoms with Crippen LogP contribution in [-0.2, 0) is 24.3 Å². The molecule has 5 rings (SSSR count). The number of hydrogen-bond donors (Lipinski definition) is 2. The minimum atomic E-state index is -3.62. The number of carbonyl (C=O) groups excluding carboxylic acids is 2. The minimum Gasteiger partial charge on any atom is -0.379 e. The molecule has 3 aliphatic heterocycles. The molecule has 0 aliphatic carbocycles. The molecular weight excluding hydrogens is 580 g/mol. The monoisotopic (exact) mass is 628 g/mol. The SMILES string of the molecule is CCCCN1C(=O)[C@H](CC(C)C)NC(=O)C12CCN(C(c1ccc(S(=O)(=O)N3CCOCC3)cc1)c1c(C)n[nH]c1C)CC2. The van der Waals surface area contributed by atoms with Gasteiger partial charge in [0, 0.05) is 44.0 Å². The van der Waals surface area contributed by atoms with Crippen molar-refractivity contribution in [2.24, 2.45) is 5.92 Å². The first-order valence-electron chi connectivity index (χ1n) is 16.1. The molecule has 3 saturated heterocycles. The summed E-state index contributed by atoms with van der Waals surface area (Å²) in [6.07, 6.45) is 3.49. The lowest BCUT2D eigenvalue weighted by Gasteiger charge is -2.52. The first kappa shape index (κ1) is 32.6. The van der Waals surface area contributed by atoms with E-state index in [1.54, 1.807) is 12.1 Å². The summed E-state index contributed by atoms with van der Waals surface area (Å²) in [4.78, 5) is 32.1. The maximum absolute atomic E-state index is 13.8. The lowest BCUT2D eigenvalue weighted by Crippen LogP contribution is -2.73. The van der Waals surface area contributed by atoms with Gasteiger partial charge in [0.1, 0.15) is 11.6 Å². The number of aromatic amines is 1. The van der Waals surface area contributed by atoms with Crippen LogP contribution in [0.3, 0.4) is 0 Å². The summed E-state index contributed by atoms with van der Waals surface area (Å²) < 4.78 is 33.4. The number of nitrogens with one attached hydrogen (secondary N) is 2. The zero-order valence-corrected chi connectivity index (χ0v) is 27.6. The Morgan fingerprint density at radius 1 is 1.05 bits per heavy atom. The van der Waals surface area contributed by atoms with Crippen molar-refractivity contribution in [1.29, 1.82) is 0 Å². The second-order valence-corrected chi connectivity index (χ2v) is 14.8. The number of ether oxygens (including phenoxy) is 1. The lowest BCUT2D eigenvalue weighted by atomic mass is 9.79. The highest BCUT2D eigenvalue weighted by Gasteiger charge is 2.54. The Hall–Kier alpha value is -2.80. The van der Waals surface area contributed by atoms with E-state index < -0.39 is 21.6 Å². The number of likely N-dealkylation sites (tertiary alicyclic amines) is 1. The number of unbranched alkanes of at least 4 members (excludes halogenated alkanes) is 1. The van der Waals surface area contributed by atoms with Gasteiger partial charge in [-0.25, -0.2) is 8.42 Å². The van der Waals surface area contributed by atoms with E-state index in [9.17, 15) is 18.0 Å². The zero-order chi connectivity index (χ0) is 31.6. The molecule has 12 heteroatoms. The van der Waals surface area contributed by atoms with Crippen molar-refractivity contribution in [1.82, 2.24) is 29.6 Å². The molecular formula is C32H48N6O5S. The van der Waals surface area contributed by atoms with Crippen LogP contribution in [0.5, 0.6) is 0 Å². The van der Waals surface area contributed by atoms with E-state index in [1.165, 1.54) is 4.31 Å². The number of nitrogens with zero attached hydrogens (tertiary/aromatic N) is 4. The summed E-state index contributed by atoms with van der Waals surface area (Å²) >= 11 is 0. The number of hydrogen-bond acceptors (Lipinski definition) is 7. The molecule has 2 amide bonds. The second kappa shape index (κ2) is 13.3. The first-order chi connectivity index (χ1) is 21.0. The standard InChI is InChI=1S/C32H48N6O5S/c1-6-7-14-38-30(39)27(21-22(2)3)33-31(40)32(38)12-15-36(16-13-32)29(28-23(4)34-35-24(28)5)25-8-10-26(11-9-25)44(41,42)37-17-19-43-20-18-37/h8-11,22,27,29H,6-7,12-21H2,1-5H3,(H,33,40)(H,34,35)/t27-,29?/m0/s1. The van der Waals surface area contributed by atoms with Crippen LogP contribution in [0.4, 0.5) is 0 Å². The second-order valence-electron chi connectivity index (χ2n) is 12.9. The fourth-order valence-corrected chi connectivity index (χ4v) is 8.49. The van der Waals surface area contributed by atoms with Crippen LogP contribution >= 0.6 is 0 Å². The molecule has 2 atom stereocenters. The van der Waals surface area contributed by atoms with Gasteiger partial charge in [0.2, 0.25) is 21.8 Å². The van der Waals surface area contributed by atoms with Gasteiger partial charge >= 0.3 is 0 Å². The summed E-state index contributed by atoms with van der Waals surface area (Å²) in [5.74, 6) is 0.296. The third kappa shape index (κ3) is 6.18. The Kier molecular flexibility index (Phi) is 9.84. The van der Waals surface area contributed by atoms with Gasteiger partial charge in [0.15, 0.2) is 0 Å². The Morgan fingerprint density at radius 2 is 1.70 bits per heavy atom. The molecule has 1 spiro atoms. The highest BCUT2D eigenvalue weighted by atomic mass is 32.2. The Labute approximate surface area is 261 Å². The van der Waals surface area contributed by atoms with E-state index in [-0.39, 0.29) is 22.8 Å². The van der Waals surface area contributed by atoms with Crippen molar-refractivity contribution in [3.63, 3.8) is 0 Å². The summed E-state index contributed by atoms with van der Waals surface area (Å²) in [5, 5.41) is 10.7. The molecule has 4 heterocycles. The van der Waals surface area contributed by atoms with E-state index in [1.807, 2.05) is 30.9 Å². The number of piperazine rings is 1. The van der Waals surface area contributed by atoms with E-state index in [0.717, 1.165) is 35.4 Å². The number of carbonyl (C=O) groups is 2. The average Bonchev–Trinajstić information content (AvgIpc) is 3.34. The van der Waals surface area contributed by atoms with Gasteiger partial charge in [-0.3, -0.25) is 19.6 Å². The van der Waals surface area contributed by atoms with Gasteiger partial charge in [0.05, 0.1) is 29.8 Å². The number of aromatic nitrogens is 2. The van der Waals surface area contributed by atoms with Gasteiger partial charge in [-0.05, 0) is 63.1 Å². The summed E-state index contributed by atoms with van der Waals surface area (Å²) in [7, 11) is -3.62. The van der Waals surface area contributed by atoms with Crippen molar-refractivity contribution in [3.8, 4) is 0 Å². The maximum atomic E-state index is 13.8. The number of morpholine rings is 1. The van der Waals surface area contributed by atoms with E-state index in [4.69, 9.17) is 4.74 Å². The van der Waals surface area contributed by atoms with E-state index in [2.05, 4.69) is 41.2 Å². The number of H-pyrrole nitrogens is 1. The molecule has 1 unspecified atom stereocenters. The highest BCUT2D eigenvalue weighted by molar-refractivity contribution is 7.89. The van der Waals surface area contributed by atoms with Crippen molar-refractivity contribution in [3.05, 3.63) is 46.8 Å². The van der Waals surface area contributed by atoms with Crippen molar-refractivity contribution in [2.45, 2.75) is 89.2 Å². The molecule has 3 aliphatic rings. The molecule has 1 aromatic carbocycles. The number of amides is 2. The lowest BCUT2D eigenvalue weighted by molar-refractivity contribution is -0.162. The summed E-state index contributed by atoms with van der Waals surface area (Å²) in [5.41, 5.74) is 2.97. The van der Waals surface area contributed by atoms with Crippen LogP contribution in [0.25, 0.3) is 0 Å². The van der Waals surface area contributed by atoms with E-state index in [0.29, 0.717) is 71.1 Å². The molecule has 3 fully saturated rings. The molecule has 0 bridgehead atoms. The minimum absolute atomic E-state index is 0.0374. The van der Waals surface area contributed by atoms with Gasteiger partial charge in [-0.15, -0.1) is 0 Å². The topological polar surface area (TPSA) is 128 Å². The predicted octanol–water partition coefficient (Wildman–Crippen LogP) is 3.14. The zero-order valence-electron chi connectivity index (χ0n) is 26.8. The normalized spacial score (nSPS) is 22.5. The van der Waals surface area contributed by atoms with Gasteiger partial charge in [-0.2, -0.15) is 9.40 Å². The summed E-state index contributed by atoms with van der Waals surface area (Å²) in [6, 6.07) is 6.52. The molecule has 0 radical (unpaired) electrons. The van der Waals surface area contributed by atoms with Gasteiger partial charge < -0.3 is 15.0 Å². The van der Waals surface area contributed by atoms with Crippen LogP contribution in [0.1, 0.15) is 81.4 Å². The number of aryl methyl sites for hydroxylation is 2.